The maximum absolute atomic E-state index is 13.4. The van der Waals surface area contributed by atoms with Crippen molar-refractivity contribution in [2.24, 2.45) is 0 Å². The molecule has 3 unspecified atom stereocenters. The number of esters is 1. The van der Waals surface area contributed by atoms with Gasteiger partial charge in [0.05, 0.1) is 33.8 Å². The Kier molecular flexibility index (Phi) is 47.0. The topological polar surface area (TPSA) is 111 Å². The van der Waals surface area contributed by atoms with Crippen LogP contribution in [0, 0.1) is 0 Å². The lowest BCUT2D eigenvalue weighted by atomic mass is 10.0. The highest BCUT2D eigenvalue weighted by Crippen LogP contribution is 2.43. The Labute approximate surface area is 415 Å². The van der Waals surface area contributed by atoms with E-state index in [-0.39, 0.29) is 25.1 Å². The molecule has 0 radical (unpaired) electrons. The third kappa shape index (κ3) is 49.3. The second-order valence-electron chi connectivity index (χ2n) is 20.8. The number of hydrogen-bond donors (Lipinski definition) is 2. The molecule has 0 aliphatic carbocycles. The van der Waals surface area contributed by atoms with Gasteiger partial charge in [-0.05, 0) is 57.4 Å². The minimum absolute atomic E-state index is 0.0428. The van der Waals surface area contributed by atoms with E-state index in [4.69, 9.17) is 13.8 Å². The summed E-state index contributed by atoms with van der Waals surface area (Å²) < 4.78 is 30.6. The first kappa shape index (κ1) is 65.5. The van der Waals surface area contributed by atoms with E-state index in [1.807, 2.05) is 33.3 Å². The van der Waals surface area contributed by atoms with Crippen LogP contribution in [0.25, 0.3) is 0 Å². The molecule has 67 heavy (non-hydrogen) atoms. The lowest BCUT2D eigenvalue weighted by Crippen LogP contribution is -2.47. The van der Waals surface area contributed by atoms with Crippen LogP contribution in [0.4, 0.5) is 0 Å². The van der Waals surface area contributed by atoms with Crippen LogP contribution in [0.2, 0.25) is 0 Å². The van der Waals surface area contributed by atoms with Crippen LogP contribution < -0.4 is 5.32 Å². The van der Waals surface area contributed by atoms with Gasteiger partial charge in [-0.1, -0.05) is 232 Å². The van der Waals surface area contributed by atoms with E-state index in [1.54, 1.807) is 0 Å². The number of likely N-dealkylation sites (N-methyl/N-ethyl adjacent to an activating group) is 1. The van der Waals surface area contributed by atoms with Crippen molar-refractivity contribution in [3.05, 3.63) is 24.3 Å². The van der Waals surface area contributed by atoms with Gasteiger partial charge < -0.3 is 19.4 Å². The van der Waals surface area contributed by atoms with Crippen LogP contribution in [-0.4, -0.2) is 74.3 Å². The zero-order chi connectivity index (χ0) is 49.4. The first-order valence-corrected chi connectivity index (χ1v) is 30.2. The van der Waals surface area contributed by atoms with Crippen LogP contribution >= 0.6 is 7.82 Å². The van der Waals surface area contributed by atoms with Crippen molar-refractivity contribution < 1.29 is 37.3 Å². The lowest BCUT2D eigenvalue weighted by Gasteiger charge is -2.27. The molecule has 10 heteroatoms. The SMILES string of the molecule is CCCCCCCC/C=C/CCCCCCCCCC(=O)OC(/C=C\CCCCCCCCCCCCC)C(COP(=O)(O)OCC[N+](C)(C)C)NC(=O)CCCCCCCCCCCCC. The fourth-order valence-corrected chi connectivity index (χ4v) is 9.14. The molecule has 0 aliphatic rings. The van der Waals surface area contributed by atoms with Gasteiger partial charge in [0, 0.05) is 12.8 Å². The van der Waals surface area contributed by atoms with Crippen molar-refractivity contribution in [1.82, 2.24) is 5.32 Å². The van der Waals surface area contributed by atoms with Crippen LogP contribution in [0.5, 0.6) is 0 Å². The summed E-state index contributed by atoms with van der Waals surface area (Å²) in [6.45, 7) is 7.02. The number of unbranched alkanes of at least 4 members (excludes halogenated alkanes) is 34. The number of phosphoric acid groups is 1. The van der Waals surface area contributed by atoms with E-state index in [9.17, 15) is 19.0 Å². The smallest absolute Gasteiger partial charge is 0.456 e. The summed E-state index contributed by atoms with van der Waals surface area (Å²) in [4.78, 5) is 37.5. The van der Waals surface area contributed by atoms with Gasteiger partial charge in [0.2, 0.25) is 5.91 Å². The molecule has 3 atom stereocenters. The Hall–Kier alpha value is -1.51. The number of nitrogens with zero attached hydrogens (tertiary/aromatic N) is 1. The highest BCUT2D eigenvalue weighted by molar-refractivity contribution is 7.47. The van der Waals surface area contributed by atoms with Crippen molar-refractivity contribution in [2.45, 2.75) is 290 Å². The number of carbonyl (C=O) groups is 2. The summed E-state index contributed by atoms with van der Waals surface area (Å²) in [5, 5.41) is 3.05. The molecule has 0 saturated carbocycles. The summed E-state index contributed by atoms with van der Waals surface area (Å²) in [5.74, 6) is -0.500. The molecule has 0 heterocycles. The predicted octanol–water partition coefficient (Wildman–Crippen LogP) is 17.0. The zero-order valence-corrected chi connectivity index (χ0v) is 46.1. The van der Waals surface area contributed by atoms with E-state index in [0.717, 1.165) is 57.8 Å². The molecule has 0 fully saturated rings. The van der Waals surface area contributed by atoms with E-state index in [2.05, 4.69) is 38.2 Å². The summed E-state index contributed by atoms with van der Waals surface area (Å²) in [6, 6.07) is -0.842. The van der Waals surface area contributed by atoms with Crippen molar-refractivity contribution in [3.63, 3.8) is 0 Å². The van der Waals surface area contributed by atoms with Crippen molar-refractivity contribution in [2.75, 3.05) is 40.9 Å². The highest BCUT2D eigenvalue weighted by atomic mass is 31.2. The largest absolute Gasteiger partial charge is 0.472 e. The number of nitrogens with one attached hydrogen (secondary N) is 1. The van der Waals surface area contributed by atoms with Gasteiger partial charge in [0.25, 0.3) is 0 Å². The summed E-state index contributed by atoms with van der Waals surface area (Å²) in [5.41, 5.74) is 0. The van der Waals surface area contributed by atoms with E-state index in [1.165, 1.54) is 186 Å². The number of allylic oxidation sites excluding steroid dienone is 3. The summed E-state index contributed by atoms with van der Waals surface area (Å²) in [7, 11) is 1.50. The third-order valence-electron chi connectivity index (χ3n) is 12.9. The molecule has 396 valence electrons. The number of quaternary nitrogens is 1. The number of hydrogen-bond acceptors (Lipinski definition) is 6. The Bertz CT molecular complexity index is 1210. The lowest BCUT2D eigenvalue weighted by molar-refractivity contribution is -0.870. The van der Waals surface area contributed by atoms with Gasteiger partial charge in [-0.3, -0.25) is 18.6 Å². The Morgan fingerprint density at radius 2 is 0.866 bits per heavy atom. The first-order valence-electron chi connectivity index (χ1n) is 28.7. The monoisotopic (exact) mass is 968 g/mol. The van der Waals surface area contributed by atoms with Gasteiger partial charge in [-0.2, -0.15) is 0 Å². The van der Waals surface area contributed by atoms with Gasteiger partial charge in [-0.15, -0.1) is 0 Å². The summed E-state index contributed by atoms with van der Waals surface area (Å²) in [6.07, 6.45) is 54.5. The molecule has 0 rings (SSSR count). The fourth-order valence-electron chi connectivity index (χ4n) is 8.41. The van der Waals surface area contributed by atoms with E-state index >= 15 is 0 Å². The first-order chi connectivity index (χ1) is 32.4. The molecule has 0 aromatic carbocycles. The van der Waals surface area contributed by atoms with Crippen LogP contribution in [0.15, 0.2) is 24.3 Å². The second kappa shape index (κ2) is 48.1. The number of ether oxygens (including phenoxy) is 1. The molecule has 0 saturated heterocycles. The molecule has 0 aliphatic heterocycles. The molecule has 2 N–H and O–H groups in total. The normalized spacial score (nSPS) is 14.0. The maximum atomic E-state index is 13.4. The highest BCUT2D eigenvalue weighted by Gasteiger charge is 2.30. The number of rotatable bonds is 52. The third-order valence-corrected chi connectivity index (χ3v) is 13.9. The van der Waals surface area contributed by atoms with Gasteiger partial charge in [0.1, 0.15) is 19.3 Å². The Morgan fingerprint density at radius 1 is 0.507 bits per heavy atom. The molecule has 0 bridgehead atoms. The van der Waals surface area contributed by atoms with Crippen LogP contribution in [0.3, 0.4) is 0 Å². The fraction of sp³-hybridized carbons (Fsp3) is 0.895. The van der Waals surface area contributed by atoms with Crippen LogP contribution in [0.1, 0.15) is 278 Å². The van der Waals surface area contributed by atoms with Crippen LogP contribution in [-0.2, 0) is 27.9 Å². The standard InChI is InChI=1S/C57H111N2O7P/c1-7-10-13-16-19-22-25-27-28-29-30-32-35-38-41-44-47-50-57(61)66-55(48-45-42-39-36-34-31-26-23-20-17-14-11-8-2)54(53-65-67(62,63)64-52-51-59(4,5)6)58-56(60)49-46-43-40-37-33-24-21-18-15-12-9-3/h27-28,45,48,54-55H,7-26,29-44,46-47,49-53H2,1-6H3,(H-,58,60,62,63)/p+1/b28-27+,48-45-. The average molecular weight is 969 g/mol. The quantitative estimate of drug-likeness (QED) is 0.0205. The van der Waals surface area contributed by atoms with Crippen molar-refractivity contribution in [3.8, 4) is 0 Å². The Balaban J connectivity index is 5.33. The van der Waals surface area contributed by atoms with E-state index in [0.29, 0.717) is 23.9 Å². The number of phosphoric ester groups is 1. The number of amides is 1. The molecular weight excluding hydrogens is 856 g/mol. The average Bonchev–Trinajstić information content (AvgIpc) is 3.28. The minimum Gasteiger partial charge on any atom is -0.456 e. The molecule has 1 amide bonds. The minimum atomic E-state index is -4.44. The second-order valence-corrected chi connectivity index (χ2v) is 22.3. The Morgan fingerprint density at radius 3 is 1.27 bits per heavy atom. The molecule has 0 aromatic heterocycles. The zero-order valence-electron chi connectivity index (χ0n) is 45.2. The van der Waals surface area contributed by atoms with Crippen molar-refractivity contribution >= 4 is 19.7 Å². The molecule has 0 spiro atoms. The summed E-state index contributed by atoms with van der Waals surface area (Å²) >= 11 is 0. The van der Waals surface area contributed by atoms with Gasteiger partial charge >= 0.3 is 13.8 Å². The molecule has 9 nitrogen and oxygen atoms in total. The van der Waals surface area contributed by atoms with Gasteiger partial charge in [0.15, 0.2) is 0 Å². The molecule has 0 aromatic rings. The maximum Gasteiger partial charge on any atom is 0.472 e. The van der Waals surface area contributed by atoms with E-state index < -0.39 is 20.0 Å². The van der Waals surface area contributed by atoms with Crippen molar-refractivity contribution in [1.29, 1.82) is 0 Å². The molecular formula is C57H112N2O7P+. The number of carbonyl (C=O) groups excluding carboxylic acids is 2. The van der Waals surface area contributed by atoms with Gasteiger partial charge in [-0.25, -0.2) is 4.57 Å². The predicted molar refractivity (Wildman–Crippen MR) is 286 cm³/mol.